The maximum Gasteiger partial charge on any atom is 0.0344 e. The van der Waals surface area contributed by atoms with Gasteiger partial charge in [-0.1, -0.05) is 44.5 Å². The molecule has 17 heavy (non-hydrogen) atoms. The second kappa shape index (κ2) is 5.65. The van der Waals surface area contributed by atoms with E-state index in [1.54, 1.807) is 0 Å². The first-order valence-electron chi connectivity index (χ1n) is 6.86. The van der Waals surface area contributed by atoms with Crippen LogP contribution in [-0.4, -0.2) is 6.04 Å². The van der Waals surface area contributed by atoms with Crippen LogP contribution in [-0.2, 0) is 0 Å². The van der Waals surface area contributed by atoms with E-state index in [2.05, 4.69) is 43.4 Å². The molecule has 2 nitrogen and oxygen atoms in total. The molecular formula is C15H24N2. The Bertz CT molecular complexity index is 362. The summed E-state index contributed by atoms with van der Waals surface area (Å²) >= 11 is 0. The molecule has 0 saturated heterocycles. The molecule has 1 aliphatic carbocycles. The van der Waals surface area contributed by atoms with Crippen molar-refractivity contribution in [3.05, 3.63) is 35.4 Å². The van der Waals surface area contributed by atoms with Crippen molar-refractivity contribution in [1.29, 1.82) is 0 Å². The second-order valence-electron chi connectivity index (χ2n) is 5.08. The Morgan fingerprint density at radius 2 is 2.00 bits per heavy atom. The minimum Gasteiger partial charge on any atom is -0.324 e. The molecule has 0 fully saturated rings. The van der Waals surface area contributed by atoms with E-state index in [1.165, 1.54) is 30.4 Å². The van der Waals surface area contributed by atoms with Gasteiger partial charge in [0.1, 0.15) is 0 Å². The van der Waals surface area contributed by atoms with Crippen LogP contribution in [0.4, 0.5) is 0 Å². The van der Waals surface area contributed by atoms with E-state index < -0.39 is 0 Å². The monoisotopic (exact) mass is 232 g/mol. The van der Waals surface area contributed by atoms with Gasteiger partial charge in [-0.15, -0.1) is 0 Å². The predicted octanol–water partition coefficient (Wildman–Crippen LogP) is 3.30. The molecule has 1 aromatic rings. The Hall–Kier alpha value is -0.860. The summed E-state index contributed by atoms with van der Waals surface area (Å²) in [5.74, 6) is 0. The van der Waals surface area contributed by atoms with Crippen molar-refractivity contribution in [1.82, 2.24) is 5.32 Å². The maximum absolute atomic E-state index is 6.19. The molecule has 1 aliphatic rings. The summed E-state index contributed by atoms with van der Waals surface area (Å²) in [5.41, 5.74) is 8.93. The molecule has 0 aromatic heterocycles. The lowest BCUT2D eigenvalue weighted by Crippen LogP contribution is -2.31. The molecule has 2 heteroatoms. The predicted molar refractivity (Wildman–Crippen MR) is 72.9 cm³/mol. The lowest BCUT2D eigenvalue weighted by Gasteiger charge is -2.22. The van der Waals surface area contributed by atoms with E-state index >= 15 is 0 Å². The molecule has 0 heterocycles. The fourth-order valence-electron chi connectivity index (χ4n) is 2.87. The average molecular weight is 232 g/mol. The summed E-state index contributed by atoms with van der Waals surface area (Å²) in [7, 11) is 0. The Labute approximate surface area is 105 Å². The first-order chi connectivity index (χ1) is 8.26. The third-order valence-corrected chi connectivity index (χ3v) is 3.83. The van der Waals surface area contributed by atoms with E-state index in [0.29, 0.717) is 12.1 Å². The van der Waals surface area contributed by atoms with Crippen molar-refractivity contribution in [2.24, 2.45) is 5.73 Å². The van der Waals surface area contributed by atoms with Crippen molar-refractivity contribution >= 4 is 0 Å². The minimum absolute atomic E-state index is 0.211. The highest BCUT2D eigenvalue weighted by molar-refractivity contribution is 5.37. The van der Waals surface area contributed by atoms with Crippen molar-refractivity contribution in [3.8, 4) is 0 Å². The van der Waals surface area contributed by atoms with E-state index in [0.717, 1.165) is 6.42 Å². The highest BCUT2D eigenvalue weighted by atomic mass is 15.0. The number of hydrogen-bond acceptors (Lipinski definition) is 2. The van der Waals surface area contributed by atoms with Gasteiger partial charge < -0.3 is 11.1 Å². The summed E-state index contributed by atoms with van der Waals surface area (Å²) in [6.45, 7) is 4.51. The number of fused-ring (bicyclic) bond motifs is 1. The van der Waals surface area contributed by atoms with Gasteiger partial charge >= 0.3 is 0 Å². The number of hydrogen-bond donors (Lipinski definition) is 2. The van der Waals surface area contributed by atoms with Crippen LogP contribution in [0.5, 0.6) is 0 Å². The third-order valence-electron chi connectivity index (χ3n) is 3.83. The summed E-state index contributed by atoms with van der Waals surface area (Å²) in [4.78, 5) is 0. The summed E-state index contributed by atoms with van der Waals surface area (Å²) in [5, 5.41) is 3.77. The molecule has 0 saturated carbocycles. The van der Waals surface area contributed by atoms with Gasteiger partial charge in [0.25, 0.3) is 0 Å². The van der Waals surface area contributed by atoms with Gasteiger partial charge in [0.15, 0.2) is 0 Å². The van der Waals surface area contributed by atoms with Crippen LogP contribution in [0, 0.1) is 0 Å². The number of nitrogens with two attached hydrogens (primary N) is 1. The molecule has 3 N–H and O–H groups in total. The Morgan fingerprint density at radius 3 is 2.65 bits per heavy atom. The third kappa shape index (κ3) is 2.70. The molecule has 0 bridgehead atoms. The van der Waals surface area contributed by atoms with E-state index in [-0.39, 0.29) is 6.04 Å². The van der Waals surface area contributed by atoms with Crippen LogP contribution in [0.2, 0.25) is 0 Å². The van der Waals surface area contributed by atoms with E-state index in [1.807, 2.05) is 0 Å². The number of rotatable bonds is 5. The molecule has 0 spiro atoms. The number of nitrogens with one attached hydrogen (secondary N) is 1. The summed E-state index contributed by atoms with van der Waals surface area (Å²) in [6, 6.07) is 9.89. The van der Waals surface area contributed by atoms with Gasteiger partial charge in [0.2, 0.25) is 0 Å². The normalized spacial score (nSPS) is 24.6. The van der Waals surface area contributed by atoms with Crippen LogP contribution < -0.4 is 11.1 Å². The topological polar surface area (TPSA) is 38.0 Å². The second-order valence-corrected chi connectivity index (χ2v) is 5.08. The van der Waals surface area contributed by atoms with Crippen molar-refractivity contribution in [3.63, 3.8) is 0 Å². The van der Waals surface area contributed by atoms with Crippen LogP contribution in [0.15, 0.2) is 24.3 Å². The van der Waals surface area contributed by atoms with Gasteiger partial charge in [-0.05, 0) is 30.4 Å². The minimum atomic E-state index is 0.211. The smallest absolute Gasteiger partial charge is 0.0344 e. The molecular weight excluding hydrogens is 208 g/mol. The van der Waals surface area contributed by atoms with Crippen molar-refractivity contribution in [2.45, 2.75) is 57.7 Å². The highest BCUT2D eigenvalue weighted by Gasteiger charge is 2.28. The molecule has 3 unspecified atom stereocenters. The van der Waals surface area contributed by atoms with Crippen LogP contribution in [0.25, 0.3) is 0 Å². The standard InChI is InChI=1S/C15H24N2/c1-3-7-11(4-2)17-15-10-14(16)12-8-5-6-9-13(12)15/h5-6,8-9,11,14-15,17H,3-4,7,10,16H2,1-2H3. The van der Waals surface area contributed by atoms with Crippen LogP contribution in [0.3, 0.4) is 0 Å². The molecule has 2 rings (SSSR count). The molecule has 0 amide bonds. The first kappa shape index (κ1) is 12.6. The Balaban J connectivity index is 2.09. The quantitative estimate of drug-likeness (QED) is 0.817. The summed E-state index contributed by atoms with van der Waals surface area (Å²) < 4.78 is 0. The molecule has 94 valence electrons. The molecule has 3 atom stereocenters. The fourth-order valence-corrected chi connectivity index (χ4v) is 2.87. The zero-order chi connectivity index (χ0) is 12.3. The lowest BCUT2D eigenvalue weighted by atomic mass is 10.0. The van der Waals surface area contributed by atoms with Gasteiger partial charge in [0.05, 0.1) is 0 Å². The Morgan fingerprint density at radius 1 is 1.29 bits per heavy atom. The Kier molecular flexibility index (Phi) is 4.19. The fraction of sp³-hybridized carbons (Fsp3) is 0.600. The zero-order valence-corrected chi connectivity index (χ0v) is 10.9. The van der Waals surface area contributed by atoms with Crippen LogP contribution in [0.1, 0.15) is 62.7 Å². The molecule has 1 aromatic carbocycles. The lowest BCUT2D eigenvalue weighted by molar-refractivity contribution is 0.390. The van der Waals surface area contributed by atoms with Gasteiger partial charge in [-0.2, -0.15) is 0 Å². The molecule has 0 aliphatic heterocycles. The first-order valence-corrected chi connectivity index (χ1v) is 6.86. The van der Waals surface area contributed by atoms with E-state index in [4.69, 9.17) is 5.73 Å². The number of benzene rings is 1. The van der Waals surface area contributed by atoms with Gasteiger partial charge in [0, 0.05) is 18.1 Å². The van der Waals surface area contributed by atoms with E-state index in [9.17, 15) is 0 Å². The largest absolute Gasteiger partial charge is 0.324 e. The van der Waals surface area contributed by atoms with Crippen molar-refractivity contribution in [2.75, 3.05) is 0 Å². The van der Waals surface area contributed by atoms with Crippen LogP contribution >= 0.6 is 0 Å². The van der Waals surface area contributed by atoms with Gasteiger partial charge in [-0.3, -0.25) is 0 Å². The average Bonchev–Trinajstić information content (AvgIpc) is 2.66. The maximum atomic E-state index is 6.19. The zero-order valence-electron chi connectivity index (χ0n) is 10.9. The van der Waals surface area contributed by atoms with Gasteiger partial charge in [-0.25, -0.2) is 0 Å². The summed E-state index contributed by atoms with van der Waals surface area (Å²) in [6.07, 6.45) is 4.73. The molecule has 0 radical (unpaired) electrons. The highest BCUT2D eigenvalue weighted by Crippen LogP contribution is 2.37. The van der Waals surface area contributed by atoms with Crippen molar-refractivity contribution < 1.29 is 0 Å². The SMILES string of the molecule is CCCC(CC)NC1CC(N)c2ccccc21.